The van der Waals surface area contributed by atoms with Gasteiger partial charge in [0.05, 0.1) is 16.8 Å². The fourth-order valence-electron chi connectivity index (χ4n) is 6.14. The lowest BCUT2D eigenvalue weighted by atomic mass is 9.98. The number of fused-ring (bicyclic) bond motifs is 1. The summed E-state index contributed by atoms with van der Waals surface area (Å²) >= 11 is 0. The van der Waals surface area contributed by atoms with E-state index in [9.17, 15) is 18.0 Å². The highest BCUT2D eigenvalue weighted by Crippen LogP contribution is 2.38. The molecule has 0 spiro atoms. The van der Waals surface area contributed by atoms with E-state index in [0.29, 0.717) is 25.1 Å². The number of piperazine rings is 1. The smallest absolute Gasteiger partial charge is 0.351 e. The molecule has 11 nitrogen and oxygen atoms in total. The number of nitrogens with one attached hydrogen (secondary N) is 4. The number of benzene rings is 2. The van der Waals surface area contributed by atoms with Crippen LogP contribution in [0.5, 0.6) is 0 Å². The summed E-state index contributed by atoms with van der Waals surface area (Å²) in [5.41, 5.74) is 1.85. The van der Waals surface area contributed by atoms with Crippen LogP contribution >= 0.6 is 0 Å². The van der Waals surface area contributed by atoms with Crippen LogP contribution in [0.1, 0.15) is 36.9 Å². The third kappa shape index (κ3) is 7.24. The average molecular weight is 637 g/mol. The topological polar surface area (TPSA) is 115 Å². The molecule has 0 saturated carbocycles. The predicted octanol–water partition coefficient (Wildman–Crippen LogP) is 5.17. The van der Waals surface area contributed by atoms with Crippen molar-refractivity contribution in [3.63, 3.8) is 0 Å². The molecular weight excluding hydrogens is 597 g/mol. The molecule has 4 N–H and O–H groups in total. The highest BCUT2D eigenvalue weighted by Gasteiger charge is 2.36. The first kappa shape index (κ1) is 31.7. The molecule has 2 fully saturated rings. The number of alkyl halides is 3. The van der Waals surface area contributed by atoms with Crippen LogP contribution < -0.4 is 21.3 Å². The van der Waals surface area contributed by atoms with Crippen LogP contribution in [0.15, 0.2) is 48.7 Å². The number of carbonyl (C=O) groups excluding carboxylic acids is 1. The minimum absolute atomic E-state index is 0.0406. The van der Waals surface area contributed by atoms with Gasteiger partial charge in [-0.15, -0.1) is 0 Å². The maximum Gasteiger partial charge on any atom is 0.416 e. The lowest BCUT2D eigenvalue weighted by Gasteiger charge is -2.37. The van der Waals surface area contributed by atoms with E-state index in [0.717, 1.165) is 67.2 Å². The molecule has 0 bridgehead atoms. The zero-order chi connectivity index (χ0) is 32.4. The molecule has 46 heavy (non-hydrogen) atoms. The number of hydrogen-bond donors (Lipinski definition) is 4. The summed E-state index contributed by atoms with van der Waals surface area (Å²) in [4.78, 5) is 26.2. The van der Waals surface area contributed by atoms with Gasteiger partial charge in [0.2, 0.25) is 5.95 Å². The molecule has 244 valence electrons. The summed E-state index contributed by atoms with van der Waals surface area (Å²) in [6.45, 7) is 6.71. The van der Waals surface area contributed by atoms with Crippen molar-refractivity contribution in [3.8, 4) is 11.3 Å². The van der Waals surface area contributed by atoms with E-state index in [1.165, 1.54) is 12.1 Å². The van der Waals surface area contributed by atoms with Gasteiger partial charge in [0, 0.05) is 74.2 Å². The lowest BCUT2D eigenvalue weighted by molar-refractivity contribution is -0.138. The van der Waals surface area contributed by atoms with Crippen molar-refractivity contribution >= 4 is 34.4 Å². The third-order valence-electron chi connectivity index (χ3n) is 8.82. The summed E-state index contributed by atoms with van der Waals surface area (Å²) in [5.74, 6) is 0.857. The van der Waals surface area contributed by atoms with Crippen LogP contribution in [0.25, 0.3) is 22.2 Å². The van der Waals surface area contributed by atoms with Crippen molar-refractivity contribution < 1.29 is 18.0 Å². The first-order chi connectivity index (χ1) is 22.0. The van der Waals surface area contributed by atoms with Crippen LogP contribution in [0, 0.1) is 0 Å². The first-order valence-electron chi connectivity index (χ1n) is 15.5. The summed E-state index contributed by atoms with van der Waals surface area (Å²) < 4.78 is 44.1. The zero-order valence-electron chi connectivity index (χ0n) is 26.2. The number of likely N-dealkylation sites (N-methyl/N-ethyl adjacent to an activating group) is 1. The highest BCUT2D eigenvalue weighted by atomic mass is 19.4. The number of halogens is 3. The molecular formula is C32H39F3N10O. The Morgan fingerprint density at radius 1 is 1.00 bits per heavy atom. The van der Waals surface area contributed by atoms with Crippen molar-refractivity contribution in [2.45, 2.75) is 38.0 Å². The minimum Gasteiger partial charge on any atom is -0.351 e. The lowest BCUT2D eigenvalue weighted by Crippen LogP contribution is -2.45. The molecule has 14 heteroatoms. The molecule has 2 aromatic carbocycles. The van der Waals surface area contributed by atoms with Crippen LogP contribution in [-0.2, 0) is 13.2 Å². The van der Waals surface area contributed by atoms with Crippen molar-refractivity contribution in [1.82, 2.24) is 34.9 Å². The number of carbonyl (C=O) groups is 1. The summed E-state index contributed by atoms with van der Waals surface area (Å²) in [6, 6.07) is 10.7. The molecule has 4 heterocycles. The number of urea groups is 1. The summed E-state index contributed by atoms with van der Waals surface area (Å²) in [5, 5.41) is 17.2. The van der Waals surface area contributed by atoms with Crippen molar-refractivity contribution in [2.24, 2.45) is 7.05 Å². The number of rotatable bonds is 7. The maximum atomic E-state index is 14.1. The summed E-state index contributed by atoms with van der Waals surface area (Å²) in [6.07, 6.45) is -0.750. The van der Waals surface area contributed by atoms with E-state index < -0.39 is 23.8 Å². The van der Waals surface area contributed by atoms with Crippen LogP contribution in [0.3, 0.4) is 0 Å². The quantitative estimate of drug-likeness (QED) is 0.220. The monoisotopic (exact) mass is 636 g/mol. The second kappa shape index (κ2) is 13.2. The fourth-order valence-corrected chi connectivity index (χ4v) is 6.14. The number of aryl methyl sites for hydroxylation is 1. The van der Waals surface area contributed by atoms with Gasteiger partial charge in [-0.3, -0.25) is 14.9 Å². The van der Waals surface area contributed by atoms with E-state index in [1.807, 2.05) is 25.2 Å². The Labute approximate surface area is 265 Å². The Bertz CT molecular complexity index is 1690. The van der Waals surface area contributed by atoms with Gasteiger partial charge in [-0.1, -0.05) is 12.1 Å². The van der Waals surface area contributed by atoms with E-state index >= 15 is 0 Å². The van der Waals surface area contributed by atoms with E-state index in [1.54, 1.807) is 30.9 Å². The highest BCUT2D eigenvalue weighted by molar-refractivity contribution is 5.99. The summed E-state index contributed by atoms with van der Waals surface area (Å²) in [7, 11) is 3.75. The largest absolute Gasteiger partial charge is 0.416 e. The first-order valence-corrected chi connectivity index (χ1v) is 15.5. The number of aromatic nitrogens is 4. The standard InChI is InChI=1S/C32H39F3N10O/c1-20(45-14-12-43(2)13-15-45)25-6-5-24(17-26(25)32(33,34)35)39-31(46)41-29-18-28(44(3)42-29)21-4-7-27-22(16-21)19-37-30(40-27)38-23-8-10-36-11-9-23/h4-7,16-20,23,36H,8-15H2,1-3H3,(H,37,38,40)(H2,39,41,42,46)/t20-/m0/s1. The Morgan fingerprint density at radius 2 is 1.76 bits per heavy atom. The fraction of sp³-hybridized carbons (Fsp3) is 0.438. The number of nitrogens with zero attached hydrogens (tertiary/aromatic N) is 6. The molecule has 1 atom stereocenters. The number of piperidine rings is 1. The van der Waals surface area contributed by atoms with E-state index in [-0.39, 0.29) is 17.1 Å². The molecule has 0 radical (unpaired) electrons. The number of anilines is 3. The Balaban J connectivity index is 1.13. The van der Waals surface area contributed by atoms with Gasteiger partial charge in [-0.25, -0.2) is 14.8 Å². The van der Waals surface area contributed by atoms with Crippen molar-refractivity contribution in [3.05, 3.63) is 59.8 Å². The maximum absolute atomic E-state index is 14.1. The molecule has 6 rings (SSSR count). The van der Waals surface area contributed by atoms with Gasteiger partial charge in [0.1, 0.15) is 0 Å². The molecule has 2 aliphatic heterocycles. The number of amides is 2. The molecule has 4 aromatic rings. The van der Waals surface area contributed by atoms with E-state index in [2.05, 4.69) is 46.1 Å². The zero-order valence-corrected chi connectivity index (χ0v) is 26.2. The molecule has 2 aromatic heterocycles. The Kier molecular flexibility index (Phi) is 9.11. The normalized spacial score (nSPS) is 17.6. The molecule has 0 unspecified atom stereocenters. The van der Waals surface area contributed by atoms with Gasteiger partial charge < -0.3 is 20.9 Å². The Morgan fingerprint density at radius 3 is 2.50 bits per heavy atom. The molecule has 2 amide bonds. The average Bonchev–Trinajstić information content (AvgIpc) is 3.40. The van der Waals surface area contributed by atoms with Gasteiger partial charge in [-0.05, 0) is 69.7 Å². The minimum atomic E-state index is -4.57. The van der Waals surface area contributed by atoms with Gasteiger partial charge in [0.15, 0.2) is 5.82 Å². The van der Waals surface area contributed by atoms with Crippen molar-refractivity contribution in [2.75, 3.05) is 62.3 Å². The third-order valence-corrected chi connectivity index (χ3v) is 8.82. The van der Waals surface area contributed by atoms with Gasteiger partial charge >= 0.3 is 12.2 Å². The van der Waals surface area contributed by atoms with Gasteiger partial charge in [-0.2, -0.15) is 18.3 Å². The van der Waals surface area contributed by atoms with Crippen LogP contribution in [0.2, 0.25) is 0 Å². The van der Waals surface area contributed by atoms with Crippen LogP contribution in [0.4, 0.5) is 35.4 Å². The second-order valence-corrected chi connectivity index (χ2v) is 12.1. The number of hydrogen-bond acceptors (Lipinski definition) is 8. The molecule has 2 saturated heterocycles. The molecule has 0 aliphatic carbocycles. The van der Waals surface area contributed by atoms with Crippen molar-refractivity contribution in [1.29, 1.82) is 0 Å². The SMILES string of the molecule is C[C@@H](c1ccc(NC(=O)Nc2cc(-c3ccc4nc(NC5CCNCC5)ncc4c3)n(C)n2)cc1C(F)(F)F)N1CCN(C)CC1. The van der Waals surface area contributed by atoms with E-state index in [4.69, 9.17) is 0 Å². The Hall–Kier alpha value is -4.27. The molecule has 2 aliphatic rings. The second-order valence-electron chi connectivity index (χ2n) is 12.1. The predicted molar refractivity (Wildman–Crippen MR) is 173 cm³/mol. The van der Waals surface area contributed by atoms with Crippen LogP contribution in [-0.4, -0.2) is 87.9 Å². The van der Waals surface area contributed by atoms with Gasteiger partial charge in [0.25, 0.3) is 0 Å².